The summed E-state index contributed by atoms with van der Waals surface area (Å²) in [5.41, 5.74) is 3.36. The molecule has 0 spiro atoms. The summed E-state index contributed by atoms with van der Waals surface area (Å²) in [7, 11) is 0. The quantitative estimate of drug-likeness (QED) is 0.844. The third-order valence-corrected chi connectivity index (χ3v) is 2.67. The lowest BCUT2D eigenvalue weighted by Crippen LogP contribution is -2.28. The van der Waals surface area contributed by atoms with Crippen LogP contribution >= 0.6 is 0 Å². The fraction of sp³-hybridized carbons (Fsp3) is 0.385. The number of nitrogens with two attached hydrogens (primary N) is 1. The first kappa shape index (κ1) is 16.8. The van der Waals surface area contributed by atoms with Crippen molar-refractivity contribution >= 4 is 11.9 Å². The SMILES string of the molecule is CCCC(Oc1ccc(C(N)=O)cc1C(F)(F)F)C(=O)O. The topological polar surface area (TPSA) is 89.6 Å². The number of carboxylic acids is 1. The standard InChI is InChI=1S/C13H14F3NO4/c1-2-3-10(12(19)20)21-9-5-4-7(11(17)18)6-8(9)13(14,15)16/h4-6,10H,2-3H2,1H3,(H2,17,18)(H,19,20). The molecule has 0 heterocycles. The lowest BCUT2D eigenvalue weighted by molar-refractivity contribution is -0.148. The first-order valence-electron chi connectivity index (χ1n) is 6.07. The predicted octanol–water partition coefficient (Wildman–Crippen LogP) is 2.44. The number of primary amides is 1. The Labute approximate surface area is 118 Å². The van der Waals surface area contributed by atoms with E-state index in [0.717, 1.165) is 12.1 Å². The summed E-state index contributed by atoms with van der Waals surface area (Å²) in [5, 5.41) is 8.92. The lowest BCUT2D eigenvalue weighted by Gasteiger charge is -2.19. The van der Waals surface area contributed by atoms with Crippen LogP contribution < -0.4 is 10.5 Å². The van der Waals surface area contributed by atoms with Gasteiger partial charge in [-0.3, -0.25) is 4.79 Å². The molecule has 0 aromatic heterocycles. The maximum atomic E-state index is 12.9. The van der Waals surface area contributed by atoms with E-state index in [9.17, 15) is 22.8 Å². The highest BCUT2D eigenvalue weighted by Gasteiger charge is 2.36. The Balaban J connectivity index is 3.22. The van der Waals surface area contributed by atoms with Crippen LogP contribution in [0.1, 0.15) is 35.7 Å². The third-order valence-electron chi connectivity index (χ3n) is 2.67. The van der Waals surface area contributed by atoms with Crippen LogP contribution in [0.2, 0.25) is 0 Å². The Morgan fingerprint density at radius 3 is 2.43 bits per heavy atom. The van der Waals surface area contributed by atoms with Crippen molar-refractivity contribution in [3.63, 3.8) is 0 Å². The molecule has 116 valence electrons. The molecule has 0 radical (unpaired) electrons. The van der Waals surface area contributed by atoms with Gasteiger partial charge in [0.2, 0.25) is 5.91 Å². The van der Waals surface area contributed by atoms with Crippen molar-refractivity contribution in [1.29, 1.82) is 0 Å². The smallest absolute Gasteiger partial charge is 0.419 e. The number of carbonyl (C=O) groups excluding carboxylic acids is 1. The van der Waals surface area contributed by atoms with E-state index in [0.29, 0.717) is 12.5 Å². The number of benzene rings is 1. The number of carboxylic acid groups (broad SMARTS) is 1. The molecule has 0 saturated carbocycles. The van der Waals surface area contributed by atoms with Crippen LogP contribution in [0, 0.1) is 0 Å². The van der Waals surface area contributed by atoms with Crippen molar-refractivity contribution in [2.75, 3.05) is 0 Å². The van der Waals surface area contributed by atoms with Gasteiger partial charge in [0.05, 0.1) is 5.56 Å². The molecule has 0 saturated heterocycles. The van der Waals surface area contributed by atoms with Gasteiger partial charge in [-0.05, 0) is 24.6 Å². The molecular weight excluding hydrogens is 291 g/mol. The van der Waals surface area contributed by atoms with E-state index in [2.05, 4.69) is 0 Å². The number of alkyl halides is 3. The van der Waals surface area contributed by atoms with E-state index in [1.165, 1.54) is 0 Å². The van der Waals surface area contributed by atoms with Gasteiger partial charge in [0, 0.05) is 5.56 Å². The van der Waals surface area contributed by atoms with E-state index in [-0.39, 0.29) is 12.0 Å². The molecule has 1 atom stereocenters. The summed E-state index contributed by atoms with van der Waals surface area (Å²) >= 11 is 0. The summed E-state index contributed by atoms with van der Waals surface area (Å²) in [5.74, 6) is -3.02. The van der Waals surface area contributed by atoms with Crippen molar-refractivity contribution in [1.82, 2.24) is 0 Å². The molecule has 21 heavy (non-hydrogen) atoms. The number of halogens is 3. The van der Waals surface area contributed by atoms with E-state index < -0.39 is 35.5 Å². The lowest BCUT2D eigenvalue weighted by atomic mass is 10.1. The average Bonchev–Trinajstić information content (AvgIpc) is 2.36. The molecule has 5 nitrogen and oxygen atoms in total. The Morgan fingerprint density at radius 2 is 2.00 bits per heavy atom. The minimum atomic E-state index is -4.80. The van der Waals surface area contributed by atoms with Gasteiger partial charge < -0.3 is 15.6 Å². The van der Waals surface area contributed by atoms with Crippen molar-refractivity contribution in [2.45, 2.75) is 32.0 Å². The first-order valence-corrected chi connectivity index (χ1v) is 6.07. The Hall–Kier alpha value is -2.25. The fourth-order valence-corrected chi connectivity index (χ4v) is 1.66. The highest BCUT2D eigenvalue weighted by molar-refractivity contribution is 5.93. The Morgan fingerprint density at radius 1 is 1.38 bits per heavy atom. The zero-order valence-corrected chi connectivity index (χ0v) is 11.1. The zero-order valence-electron chi connectivity index (χ0n) is 11.1. The number of ether oxygens (including phenoxy) is 1. The van der Waals surface area contributed by atoms with Crippen LogP contribution in [0.4, 0.5) is 13.2 Å². The van der Waals surface area contributed by atoms with Crippen LogP contribution in [0.25, 0.3) is 0 Å². The Bertz CT molecular complexity index is 543. The van der Waals surface area contributed by atoms with Gasteiger partial charge in [0.1, 0.15) is 5.75 Å². The summed E-state index contributed by atoms with van der Waals surface area (Å²) in [6, 6.07) is 2.49. The highest BCUT2D eigenvalue weighted by Crippen LogP contribution is 2.37. The number of rotatable bonds is 6. The molecule has 3 N–H and O–H groups in total. The molecular formula is C13H14F3NO4. The van der Waals surface area contributed by atoms with Gasteiger partial charge in [-0.1, -0.05) is 13.3 Å². The van der Waals surface area contributed by atoms with Crippen molar-refractivity contribution in [3.05, 3.63) is 29.3 Å². The van der Waals surface area contributed by atoms with Crippen molar-refractivity contribution < 1.29 is 32.6 Å². The molecule has 1 unspecified atom stereocenters. The van der Waals surface area contributed by atoms with E-state index in [1.54, 1.807) is 6.92 Å². The van der Waals surface area contributed by atoms with Gasteiger partial charge in [-0.25, -0.2) is 4.79 Å². The number of carbonyl (C=O) groups is 2. The fourth-order valence-electron chi connectivity index (χ4n) is 1.66. The molecule has 1 rings (SSSR count). The van der Waals surface area contributed by atoms with Crippen LogP contribution in [-0.2, 0) is 11.0 Å². The molecule has 1 aromatic rings. The van der Waals surface area contributed by atoms with E-state index in [1.807, 2.05) is 0 Å². The van der Waals surface area contributed by atoms with Crippen LogP contribution in [0.3, 0.4) is 0 Å². The zero-order chi connectivity index (χ0) is 16.2. The van der Waals surface area contributed by atoms with Gasteiger partial charge in [0.15, 0.2) is 6.10 Å². The average molecular weight is 305 g/mol. The molecule has 8 heteroatoms. The number of hydrogen-bond acceptors (Lipinski definition) is 3. The predicted molar refractivity (Wildman–Crippen MR) is 66.9 cm³/mol. The summed E-state index contributed by atoms with van der Waals surface area (Å²) in [6.07, 6.45) is -5.70. The number of hydrogen-bond donors (Lipinski definition) is 2. The summed E-state index contributed by atoms with van der Waals surface area (Å²) < 4.78 is 43.8. The largest absolute Gasteiger partial charge is 0.479 e. The van der Waals surface area contributed by atoms with Gasteiger partial charge >= 0.3 is 12.1 Å². The molecule has 0 aliphatic heterocycles. The van der Waals surface area contributed by atoms with Gasteiger partial charge in [-0.15, -0.1) is 0 Å². The van der Waals surface area contributed by atoms with E-state index in [4.69, 9.17) is 15.6 Å². The second kappa shape index (κ2) is 6.47. The Kier molecular flexibility index (Phi) is 5.17. The normalized spacial score (nSPS) is 12.8. The molecule has 1 amide bonds. The second-order valence-corrected chi connectivity index (χ2v) is 4.31. The number of aliphatic carboxylic acids is 1. The molecule has 1 aromatic carbocycles. The summed E-state index contributed by atoms with van der Waals surface area (Å²) in [4.78, 5) is 21.9. The van der Waals surface area contributed by atoms with Crippen LogP contribution in [0.15, 0.2) is 18.2 Å². The minimum Gasteiger partial charge on any atom is -0.479 e. The van der Waals surface area contributed by atoms with Gasteiger partial charge in [-0.2, -0.15) is 13.2 Å². The molecule has 0 fully saturated rings. The minimum absolute atomic E-state index is 0.0597. The van der Waals surface area contributed by atoms with Crippen molar-refractivity contribution in [2.24, 2.45) is 5.73 Å². The molecule has 0 aliphatic carbocycles. The van der Waals surface area contributed by atoms with Gasteiger partial charge in [0.25, 0.3) is 0 Å². The monoisotopic (exact) mass is 305 g/mol. The molecule has 0 bridgehead atoms. The van der Waals surface area contributed by atoms with Crippen molar-refractivity contribution in [3.8, 4) is 5.75 Å². The maximum absolute atomic E-state index is 12.9. The highest BCUT2D eigenvalue weighted by atomic mass is 19.4. The second-order valence-electron chi connectivity index (χ2n) is 4.31. The van der Waals surface area contributed by atoms with E-state index >= 15 is 0 Å². The van der Waals surface area contributed by atoms with Crippen LogP contribution in [0.5, 0.6) is 5.75 Å². The number of amides is 1. The molecule has 0 aliphatic rings. The maximum Gasteiger partial charge on any atom is 0.419 e. The van der Waals surface area contributed by atoms with Crippen LogP contribution in [-0.4, -0.2) is 23.1 Å². The summed E-state index contributed by atoms with van der Waals surface area (Å²) in [6.45, 7) is 1.68. The first-order chi connectivity index (χ1) is 9.66. The third kappa shape index (κ3) is 4.37.